The van der Waals surface area contributed by atoms with E-state index in [4.69, 9.17) is 9.47 Å². The molecule has 0 atom stereocenters. The summed E-state index contributed by atoms with van der Waals surface area (Å²) in [7, 11) is -2.07. The molecule has 142 valence electrons. The molecule has 0 aliphatic carbocycles. The third-order valence-corrected chi connectivity index (χ3v) is 5.09. The fourth-order valence-electron chi connectivity index (χ4n) is 2.28. The van der Waals surface area contributed by atoms with Gasteiger partial charge in [-0.05, 0) is 46.3 Å². The van der Waals surface area contributed by atoms with Crippen molar-refractivity contribution in [2.24, 2.45) is 0 Å². The molecule has 27 heavy (non-hydrogen) atoms. The van der Waals surface area contributed by atoms with Crippen molar-refractivity contribution in [1.82, 2.24) is 24.9 Å². The molecule has 1 heterocycles. The SMILES string of the molecule is COCCOc1ccc(CNS(=O)(=O)c2cccc(-n3cnnn3)c2)cc1. The van der Waals surface area contributed by atoms with Crippen LogP contribution in [-0.4, -0.2) is 48.9 Å². The number of ether oxygens (including phenoxy) is 2. The summed E-state index contributed by atoms with van der Waals surface area (Å²) >= 11 is 0. The van der Waals surface area contributed by atoms with Gasteiger partial charge in [-0.15, -0.1) is 5.10 Å². The minimum atomic E-state index is -3.68. The molecule has 9 nitrogen and oxygen atoms in total. The van der Waals surface area contributed by atoms with E-state index in [0.717, 1.165) is 5.56 Å². The second-order valence-corrected chi connectivity index (χ2v) is 7.33. The minimum Gasteiger partial charge on any atom is -0.491 e. The molecule has 0 bridgehead atoms. The number of benzene rings is 2. The predicted octanol–water partition coefficient (Wildman–Crippen LogP) is 1.17. The molecular weight excluding hydrogens is 370 g/mol. The number of aromatic nitrogens is 4. The van der Waals surface area contributed by atoms with E-state index in [-0.39, 0.29) is 11.4 Å². The maximum absolute atomic E-state index is 12.6. The van der Waals surface area contributed by atoms with Gasteiger partial charge < -0.3 is 9.47 Å². The van der Waals surface area contributed by atoms with Gasteiger partial charge in [-0.3, -0.25) is 0 Å². The fraction of sp³-hybridized carbons (Fsp3) is 0.235. The molecule has 0 amide bonds. The molecule has 0 radical (unpaired) electrons. The second kappa shape index (κ2) is 8.71. The molecule has 1 aromatic heterocycles. The number of sulfonamides is 1. The average Bonchev–Trinajstić information content (AvgIpc) is 3.23. The van der Waals surface area contributed by atoms with Gasteiger partial charge in [-0.1, -0.05) is 18.2 Å². The van der Waals surface area contributed by atoms with E-state index in [9.17, 15) is 8.42 Å². The van der Waals surface area contributed by atoms with Crippen molar-refractivity contribution < 1.29 is 17.9 Å². The van der Waals surface area contributed by atoms with Crippen molar-refractivity contribution in [3.63, 3.8) is 0 Å². The summed E-state index contributed by atoms with van der Waals surface area (Å²) in [5.41, 5.74) is 1.37. The molecule has 0 saturated heterocycles. The molecule has 0 fully saturated rings. The predicted molar refractivity (Wildman–Crippen MR) is 97.0 cm³/mol. The van der Waals surface area contributed by atoms with Crippen LogP contribution in [0.1, 0.15) is 5.56 Å². The third kappa shape index (κ3) is 5.09. The monoisotopic (exact) mass is 389 g/mol. The normalized spacial score (nSPS) is 11.4. The number of methoxy groups -OCH3 is 1. The lowest BCUT2D eigenvalue weighted by Gasteiger charge is -2.09. The van der Waals surface area contributed by atoms with Crippen LogP contribution in [0.5, 0.6) is 5.75 Å². The van der Waals surface area contributed by atoms with Crippen molar-refractivity contribution >= 4 is 10.0 Å². The average molecular weight is 389 g/mol. The first kappa shape index (κ1) is 19.0. The van der Waals surface area contributed by atoms with Crippen LogP contribution in [0.25, 0.3) is 5.69 Å². The lowest BCUT2D eigenvalue weighted by atomic mass is 10.2. The summed E-state index contributed by atoms with van der Waals surface area (Å²) in [5.74, 6) is 0.702. The number of hydrogen-bond donors (Lipinski definition) is 1. The molecule has 0 unspecified atom stereocenters. The lowest BCUT2D eigenvalue weighted by molar-refractivity contribution is 0.146. The Morgan fingerprint density at radius 3 is 2.63 bits per heavy atom. The summed E-state index contributed by atoms with van der Waals surface area (Å²) in [4.78, 5) is 0.134. The van der Waals surface area contributed by atoms with Crippen LogP contribution in [0.15, 0.2) is 59.8 Å². The molecule has 0 aliphatic rings. The number of tetrazole rings is 1. The highest BCUT2D eigenvalue weighted by Crippen LogP contribution is 2.16. The van der Waals surface area contributed by atoms with E-state index in [1.54, 1.807) is 31.4 Å². The van der Waals surface area contributed by atoms with Crippen LogP contribution in [0, 0.1) is 0 Å². The lowest BCUT2D eigenvalue weighted by Crippen LogP contribution is -2.23. The van der Waals surface area contributed by atoms with E-state index < -0.39 is 10.0 Å². The summed E-state index contributed by atoms with van der Waals surface area (Å²) in [6.45, 7) is 1.13. The van der Waals surface area contributed by atoms with Gasteiger partial charge >= 0.3 is 0 Å². The maximum Gasteiger partial charge on any atom is 0.240 e. The molecule has 3 rings (SSSR count). The van der Waals surface area contributed by atoms with Gasteiger partial charge in [0.2, 0.25) is 10.0 Å². The molecule has 2 aromatic carbocycles. The Morgan fingerprint density at radius 1 is 1.11 bits per heavy atom. The third-order valence-electron chi connectivity index (χ3n) is 3.69. The van der Waals surface area contributed by atoms with Crippen molar-refractivity contribution in [2.75, 3.05) is 20.3 Å². The first-order valence-electron chi connectivity index (χ1n) is 8.12. The maximum atomic E-state index is 12.6. The first-order valence-corrected chi connectivity index (χ1v) is 9.60. The van der Waals surface area contributed by atoms with Crippen LogP contribution in [-0.2, 0) is 21.3 Å². The van der Waals surface area contributed by atoms with E-state index in [1.807, 2.05) is 12.1 Å². The van der Waals surface area contributed by atoms with E-state index >= 15 is 0 Å². The number of nitrogens with one attached hydrogen (secondary N) is 1. The zero-order valence-corrected chi connectivity index (χ0v) is 15.5. The summed E-state index contributed by atoms with van der Waals surface area (Å²) in [6.07, 6.45) is 1.40. The Balaban J connectivity index is 1.64. The molecular formula is C17H19N5O4S. The summed E-state index contributed by atoms with van der Waals surface area (Å²) in [6, 6.07) is 13.6. The molecule has 10 heteroatoms. The van der Waals surface area contributed by atoms with Crippen molar-refractivity contribution in [3.8, 4) is 11.4 Å². The molecule has 3 aromatic rings. The Hall–Kier alpha value is -2.82. The van der Waals surface area contributed by atoms with Gasteiger partial charge in [0.15, 0.2) is 0 Å². The van der Waals surface area contributed by atoms with Gasteiger partial charge in [0.05, 0.1) is 17.2 Å². The summed E-state index contributed by atoms with van der Waals surface area (Å²) in [5, 5.41) is 10.9. The molecule has 0 aliphatic heterocycles. The van der Waals surface area contributed by atoms with E-state index in [2.05, 4.69) is 20.2 Å². The van der Waals surface area contributed by atoms with Crippen LogP contribution in [0.2, 0.25) is 0 Å². The zero-order valence-electron chi connectivity index (χ0n) is 14.6. The minimum absolute atomic E-state index is 0.134. The number of hydrogen-bond acceptors (Lipinski definition) is 7. The van der Waals surface area contributed by atoms with Crippen molar-refractivity contribution in [2.45, 2.75) is 11.4 Å². The van der Waals surface area contributed by atoms with Crippen LogP contribution < -0.4 is 9.46 Å². The number of rotatable bonds is 9. The standard InChI is InChI=1S/C17H19N5O4S/c1-25-9-10-26-16-7-5-14(6-8-16)12-19-27(23,24)17-4-2-3-15(11-17)22-13-18-20-21-22/h2-8,11,13,19H,9-10,12H2,1H3. The second-order valence-electron chi connectivity index (χ2n) is 5.56. The fourth-order valence-corrected chi connectivity index (χ4v) is 3.34. The molecule has 0 spiro atoms. The number of nitrogens with zero attached hydrogens (tertiary/aromatic N) is 4. The largest absolute Gasteiger partial charge is 0.491 e. The van der Waals surface area contributed by atoms with Gasteiger partial charge in [0.25, 0.3) is 0 Å². The topological polar surface area (TPSA) is 108 Å². The highest BCUT2D eigenvalue weighted by atomic mass is 32.2. The Morgan fingerprint density at radius 2 is 1.93 bits per heavy atom. The smallest absolute Gasteiger partial charge is 0.240 e. The van der Waals surface area contributed by atoms with Crippen LogP contribution in [0.4, 0.5) is 0 Å². The molecule has 1 N–H and O–H groups in total. The quantitative estimate of drug-likeness (QED) is 0.547. The highest BCUT2D eigenvalue weighted by Gasteiger charge is 2.15. The van der Waals surface area contributed by atoms with Gasteiger partial charge in [-0.2, -0.15) is 0 Å². The Labute approximate surface area is 157 Å². The van der Waals surface area contributed by atoms with Gasteiger partial charge in [0, 0.05) is 13.7 Å². The Kier molecular flexibility index (Phi) is 6.12. The van der Waals surface area contributed by atoms with Crippen molar-refractivity contribution in [1.29, 1.82) is 0 Å². The summed E-state index contributed by atoms with van der Waals surface area (Å²) < 4.78 is 39.5. The van der Waals surface area contributed by atoms with Crippen molar-refractivity contribution in [3.05, 3.63) is 60.4 Å². The van der Waals surface area contributed by atoms with Crippen LogP contribution in [0.3, 0.4) is 0 Å². The van der Waals surface area contributed by atoms with E-state index in [1.165, 1.54) is 23.1 Å². The highest BCUT2D eigenvalue weighted by molar-refractivity contribution is 7.89. The van der Waals surface area contributed by atoms with Gasteiger partial charge in [-0.25, -0.2) is 17.8 Å². The van der Waals surface area contributed by atoms with Crippen LogP contribution >= 0.6 is 0 Å². The Bertz CT molecular complexity index is 959. The van der Waals surface area contributed by atoms with E-state index in [0.29, 0.717) is 24.7 Å². The van der Waals surface area contributed by atoms with Gasteiger partial charge in [0.1, 0.15) is 18.7 Å². The molecule has 0 saturated carbocycles. The first-order chi connectivity index (χ1) is 13.1. The zero-order chi connectivity index (χ0) is 19.1.